The Balaban J connectivity index is 1.34. The van der Waals surface area contributed by atoms with Crippen molar-refractivity contribution in [1.29, 1.82) is 0 Å². The van der Waals surface area contributed by atoms with E-state index in [4.69, 9.17) is 10.1 Å². The number of rotatable bonds is 5. The van der Waals surface area contributed by atoms with Crippen molar-refractivity contribution in [3.63, 3.8) is 0 Å². The molecule has 2 N–H and O–H groups in total. The number of H-pyrrole nitrogens is 1. The number of aromatic nitrogens is 5. The zero-order valence-electron chi connectivity index (χ0n) is 18.2. The number of carbonyl (C=O) groups is 1. The third-order valence-electron chi connectivity index (χ3n) is 5.77. The van der Waals surface area contributed by atoms with E-state index in [1.165, 1.54) is 0 Å². The van der Waals surface area contributed by atoms with Gasteiger partial charge in [-0.1, -0.05) is 30.3 Å². The van der Waals surface area contributed by atoms with E-state index < -0.39 is 0 Å². The number of aromatic amines is 1. The largest absolute Gasteiger partial charge is 0.339 e. The van der Waals surface area contributed by atoms with Crippen LogP contribution in [0, 0.1) is 6.92 Å². The smallest absolute Gasteiger partial charge is 0.245 e. The van der Waals surface area contributed by atoms with Crippen LogP contribution in [0.15, 0.2) is 54.7 Å². The SMILES string of the molecule is Cc1cc(Nc2nc(N3CCN(C(=O)Cc4ccccc4)C[C@H]3C)nn3cccc23)n[nH]1. The predicted octanol–water partition coefficient (Wildman–Crippen LogP) is 2.78. The molecule has 32 heavy (non-hydrogen) atoms. The van der Waals surface area contributed by atoms with Crippen LogP contribution >= 0.6 is 0 Å². The summed E-state index contributed by atoms with van der Waals surface area (Å²) in [4.78, 5) is 21.7. The number of benzene rings is 1. The van der Waals surface area contributed by atoms with Crippen LogP contribution in [-0.2, 0) is 11.2 Å². The van der Waals surface area contributed by atoms with Gasteiger partial charge in [-0.15, -0.1) is 5.10 Å². The lowest BCUT2D eigenvalue weighted by Crippen LogP contribution is -2.54. The highest BCUT2D eigenvalue weighted by molar-refractivity contribution is 5.79. The lowest BCUT2D eigenvalue weighted by Gasteiger charge is -2.40. The minimum Gasteiger partial charge on any atom is -0.339 e. The standard InChI is InChI=1S/C23H26N8O/c1-16-13-20(27-26-16)24-22-19-9-6-10-31(19)28-23(25-22)30-12-11-29(15-17(30)2)21(32)14-18-7-4-3-5-8-18/h3-10,13,17H,11-12,14-15H2,1-2H3,(H2,24,25,26,27,28)/t17-/m1/s1. The molecular formula is C23H26N8O. The number of anilines is 3. The van der Waals surface area contributed by atoms with E-state index in [1.54, 1.807) is 0 Å². The molecule has 3 aromatic heterocycles. The van der Waals surface area contributed by atoms with Gasteiger partial charge in [0.05, 0.1) is 6.42 Å². The predicted molar refractivity (Wildman–Crippen MR) is 123 cm³/mol. The Morgan fingerprint density at radius 2 is 2.03 bits per heavy atom. The Kier molecular flexibility index (Phi) is 5.22. The molecule has 1 aliphatic heterocycles. The van der Waals surface area contributed by atoms with Gasteiger partial charge in [0.1, 0.15) is 5.52 Å². The molecular weight excluding hydrogens is 404 g/mol. The third-order valence-corrected chi connectivity index (χ3v) is 5.77. The van der Waals surface area contributed by atoms with E-state index in [0.717, 1.165) is 16.8 Å². The van der Waals surface area contributed by atoms with Crippen LogP contribution in [0.4, 0.5) is 17.6 Å². The molecule has 1 fully saturated rings. The number of piperazine rings is 1. The fourth-order valence-electron chi connectivity index (χ4n) is 4.10. The normalized spacial score (nSPS) is 16.5. The number of aryl methyl sites for hydroxylation is 1. The summed E-state index contributed by atoms with van der Waals surface area (Å²) in [6.07, 6.45) is 2.34. The van der Waals surface area contributed by atoms with Crippen molar-refractivity contribution in [2.24, 2.45) is 0 Å². The average Bonchev–Trinajstić information content (AvgIpc) is 3.43. The van der Waals surface area contributed by atoms with Gasteiger partial charge >= 0.3 is 0 Å². The van der Waals surface area contributed by atoms with E-state index in [9.17, 15) is 4.79 Å². The lowest BCUT2D eigenvalue weighted by atomic mass is 10.1. The molecule has 0 radical (unpaired) electrons. The number of nitrogens with one attached hydrogen (secondary N) is 2. The summed E-state index contributed by atoms with van der Waals surface area (Å²) in [5, 5.41) is 15.2. The highest BCUT2D eigenvalue weighted by Crippen LogP contribution is 2.24. The topological polar surface area (TPSA) is 94.5 Å². The maximum Gasteiger partial charge on any atom is 0.245 e. The fraction of sp³-hybridized carbons (Fsp3) is 0.304. The van der Waals surface area contributed by atoms with Gasteiger partial charge in [0.25, 0.3) is 0 Å². The second-order valence-corrected chi connectivity index (χ2v) is 8.20. The van der Waals surface area contributed by atoms with Crippen molar-refractivity contribution >= 4 is 29.0 Å². The zero-order valence-corrected chi connectivity index (χ0v) is 18.2. The molecule has 0 saturated carbocycles. The Hall–Kier alpha value is -3.88. The quantitative estimate of drug-likeness (QED) is 0.506. The zero-order chi connectivity index (χ0) is 22.1. The number of carbonyl (C=O) groups excluding carboxylic acids is 1. The number of hydrogen-bond donors (Lipinski definition) is 2. The van der Waals surface area contributed by atoms with Crippen molar-refractivity contribution in [2.45, 2.75) is 26.3 Å². The summed E-state index contributed by atoms with van der Waals surface area (Å²) in [7, 11) is 0. The molecule has 0 bridgehead atoms. The van der Waals surface area contributed by atoms with Gasteiger partial charge in [-0.05, 0) is 31.5 Å². The second kappa shape index (κ2) is 8.33. The van der Waals surface area contributed by atoms with Crippen molar-refractivity contribution in [1.82, 2.24) is 29.7 Å². The molecule has 4 aromatic rings. The Morgan fingerprint density at radius 1 is 1.19 bits per heavy atom. The molecule has 9 nitrogen and oxygen atoms in total. The first kappa shape index (κ1) is 20.0. The minimum absolute atomic E-state index is 0.0944. The van der Waals surface area contributed by atoms with E-state index in [-0.39, 0.29) is 11.9 Å². The molecule has 0 aliphatic carbocycles. The number of amides is 1. The number of nitrogens with zero attached hydrogens (tertiary/aromatic N) is 6. The van der Waals surface area contributed by atoms with E-state index >= 15 is 0 Å². The molecule has 164 valence electrons. The highest BCUT2D eigenvalue weighted by atomic mass is 16.2. The molecule has 9 heteroatoms. The summed E-state index contributed by atoms with van der Waals surface area (Å²) in [5.41, 5.74) is 2.88. The molecule has 1 aromatic carbocycles. The number of hydrogen-bond acceptors (Lipinski definition) is 6. The first-order chi connectivity index (χ1) is 15.6. The van der Waals surface area contributed by atoms with Gasteiger partial charge in [-0.3, -0.25) is 9.89 Å². The third kappa shape index (κ3) is 4.01. The van der Waals surface area contributed by atoms with E-state index in [2.05, 4.69) is 27.3 Å². The summed E-state index contributed by atoms with van der Waals surface area (Å²) < 4.78 is 1.82. The van der Waals surface area contributed by atoms with Crippen LogP contribution in [0.1, 0.15) is 18.2 Å². The maximum atomic E-state index is 12.8. The van der Waals surface area contributed by atoms with E-state index in [1.807, 2.05) is 71.1 Å². The monoisotopic (exact) mass is 430 g/mol. The van der Waals surface area contributed by atoms with Gasteiger partial charge in [0, 0.05) is 43.6 Å². The maximum absolute atomic E-state index is 12.8. The molecule has 0 spiro atoms. The minimum atomic E-state index is 0.0944. The van der Waals surface area contributed by atoms with Crippen LogP contribution in [0.25, 0.3) is 5.52 Å². The molecule has 1 atom stereocenters. The molecule has 1 amide bonds. The fourth-order valence-corrected chi connectivity index (χ4v) is 4.10. The Labute approximate surface area is 186 Å². The van der Waals surface area contributed by atoms with Gasteiger partial charge in [-0.25, -0.2) is 4.52 Å². The summed E-state index contributed by atoms with van der Waals surface area (Å²) in [6.45, 7) is 6.02. The van der Waals surface area contributed by atoms with E-state index in [0.29, 0.717) is 43.6 Å². The van der Waals surface area contributed by atoms with Crippen LogP contribution in [0.5, 0.6) is 0 Å². The van der Waals surface area contributed by atoms with Crippen molar-refractivity contribution in [3.05, 3.63) is 66.0 Å². The highest BCUT2D eigenvalue weighted by Gasteiger charge is 2.29. The number of fused-ring (bicyclic) bond motifs is 1. The first-order valence-electron chi connectivity index (χ1n) is 10.8. The molecule has 5 rings (SSSR count). The molecule has 4 heterocycles. The van der Waals surface area contributed by atoms with Crippen LogP contribution in [0.2, 0.25) is 0 Å². The summed E-state index contributed by atoms with van der Waals surface area (Å²) in [6, 6.07) is 15.8. The van der Waals surface area contributed by atoms with Gasteiger partial charge in [-0.2, -0.15) is 10.1 Å². The van der Waals surface area contributed by atoms with Gasteiger partial charge in [0.15, 0.2) is 11.6 Å². The Bertz CT molecular complexity index is 1230. The summed E-state index contributed by atoms with van der Waals surface area (Å²) >= 11 is 0. The Morgan fingerprint density at radius 3 is 2.78 bits per heavy atom. The average molecular weight is 431 g/mol. The van der Waals surface area contributed by atoms with Gasteiger partial charge in [0.2, 0.25) is 11.9 Å². The lowest BCUT2D eigenvalue weighted by molar-refractivity contribution is -0.131. The molecule has 1 aliphatic rings. The van der Waals surface area contributed by atoms with Crippen molar-refractivity contribution in [2.75, 3.05) is 29.9 Å². The first-order valence-corrected chi connectivity index (χ1v) is 10.8. The van der Waals surface area contributed by atoms with Crippen LogP contribution < -0.4 is 10.2 Å². The molecule has 1 saturated heterocycles. The van der Waals surface area contributed by atoms with Crippen LogP contribution in [0.3, 0.4) is 0 Å². The van der Waals surface area contributed by atoms with Crippen LogP contribution in [-0.4, -0.2) is 61.3 Å². The second-order valence-electron chi connectivity index (χ2n) is 8.20. The van der Waals surface area contributed by atoms with Gasteiger partial charge < -0.3 is 15.1 Å². The van der Waals surface area contributed by atoms with Crippen molar-refractivity contribution < 1.29 is 4.79 Å². The summed E-state index contributed by atoms with van der Waals surface area (Å²) in [5.74, 6) is 2.19. The molecule has 0 unspecified atom stereocenters. The van der Waals surface area contributed by atoms with Crippen molar-refractivity contribution in [3.8, 4) is 0 Å².